The molecule has 1 aliphatic heterocycles. The van der Waals surface area contributed by atoms with Gasteiger partial charge >= 0.3 is 0 Å². The molecule has 10 heteroatoms. The molecule has 9 nitrogen and oxygen atoms in total. The summed E-state index contributed by atoms with van der Waals surface area (Å²) in [6.45, 7) is 13.9. The number of anilines is 2. The van der Waals surface area contributed by atoms with E-state index < -0.39 is 0 Å². The summed E-state index contributed by atoms with van der Waals surface area (Å²) >= 11 is 6.32. The number of allylic oxidation sites excluding steroid dienone is 4. The fourth-order valence-electron chi connectivity index (χ4n) is 3.87. The minimum absolute atomic E-state index is 0.122. The summed E-state index contributed by atoms with van der Waals surface area (Å²) in [6, 6.07) is 0. The van der Waals surface area contributed by atoms with Crippen molar-refractivity contribution in [3.8, 4) is 0 Å². The summed E-state index contributed by atoms with van der Waals surface area (Å²) in [5, 5.41) is 12.9. The second-order valence-electron chi connectivity index (χ2n) is 8.35. The molecular weight excluding hydrogens is 478 g/mol. The summed E-state index contributed by atoms with van der Waals surface area (Å²) in [5.41, 5.74) is 4.23. The normalized spacial score (nSPS) is 18.4. The van der Waals surface area contributed by atoms with Gasteiger partial charge in [0.05, 0.1) is 6.20 Å². The fraction of sp³-hybridized carbons (Fsp3) is 0.346. The lowest BCUT2D eigenvalue weighted by Gasteiger charge is -2.36. The molecular formula is C26H34ClN7O2. The zero-order valence-corrected chi connectivity index (χ0v) is 21.6. The predicted molar refractivity (Wildman–Crippen MR) is 146 cm³/mol. The molecule has 2 aliphatic rings. The van der Waals surface area contributed by atoms with Crippen LogP contribution in [0.1, 0.15) is 13.3 Å². The first-order valence-corrected chi connectivity index (χ1v) is 12.2. The number of carbonyl (C=O) groups excluding carboxylic acids is 1. The molecule has 192 valence electrons. The number of aromatic nitrogens is 2. The molecule has 1 aliphatic carbocycles. The zero-order chi connectivity index (χ0) is 25.9. The molecule has 1 atom stereocenters. The largest absolute Gasteiger partial charge is 0.375 e. The molecule has 2 heterocycles. The molecule has 0 saturated carbocycles. The van der Waals surface area contributed by atoms with Gasteiger partial charge in [-0.1, -0.05) is 36.9 Å². The summed E-state index contributed by atoms with van der Waals surface area (Å²) in [4.78, 5) is 22.4. The number of nitrogens with zero attached hydrogens (tertiary/aromatic N) is 3. The van der Waals surface area contributed by atoms with Crippen LogP contribution in [0, 0.1) is 0 Å². The number of hydrogen-bond acceptors (Lipinski definition) is 8. The second kappa shape index (κ2) is 13.6. The Morgan fingerprint density at radius 3 is 2.86 bits per heavy atom. The SMILES string of the molecule is C=CC(=O)N/C=C/C=C\C(=C)CNc1nc(NC2=CC(C)=C(N3CCNCC3)CC2OC)ncc1Cl. The smallest absolute Gasteiger partial charge is 0.247 e. The molecule has 1 fully saturated rings. The van der Waals surface area contributed by atoms with E-state index in [0.29, 0.717) is 23.3 Å². The summed E-state index contributed by atoms with van der Waals surface area (Å²) in [7, 11) is 1.72. The van der Waals surface area contributed by atoms with E-state index in [4.69, 9.17) is 16.3 Å². The van der Waals surface area contributed by atoms with Crippen molar-refractivity contribution >= 4 is 29.3 Å². The Labute approximate surface area is 217 Å². The quantitative estimate of drug-likeness (QED) is 0.265. The highest BCUT2D eigenvalue weighted by molar-refractivity contribution is 6.32. The molecule has 1 aromatic heterocycles. The van der Waals surface area contributed by atoms with Gasteiger partial charge in [-0.25, -0.2) is 4.98 Å². The van der Waals surface area contributed by atoms with E-state index in [2.05, 4.69) is 62.3 Å². The van der Waals surface area contributed by atoms with Crippen molar-refractivity contribution in [3.05, 3.63) is 83.5 Å². The van der Waals surface area contributed by atoms with Crippen LogP contribution in [-0.2, 0) is 9.53 Å². The van der Waals surface area contributed by atoms with Crippen molar-refractivity contribution < 1.29 is 9.53 Å². The maximum atomic E-state index is 11.1. The van der Waals surface area contributed by atoms with Crippen LogP contribution in [0.4, 0.5) is 11.8 Å². The van der Waals surface area contributed by atoms with Crippen LogP contribution < -0.4 is 21.3 Å². The third kappa shape index (κ3) is 7.81. The van der Waals surface area contributed by atoms with E-state index in [1.165, 1.54) is 23.5 Å². The number of methoxy groups -OCH3 is 1. The maximum Gasteiger partial charge on any atom is 0.247 e. The number of carbonyl (C=O) groups is 1. The van der Waals surface area contributed by atoms with Crippen molar-refractivity contribution in [2.45, 2.75) is 19.4 Å². The lowest BCUT2D eigenvalue weighted by Crippen LogP contribution is -2.44. The van der Waals surface area contributed by atoms with E-state index in [1.807, 2.05) is 6.08 Å². The summed E-state index contributed by atoms with van der Waals surface area (Å²) in [5.74, 6) is 0.655. The number of ether oxygens (including phenoxy) is 1. The Balaban J connectivity index is 1.63. The Kier molecular flexibility index (Phi) is 10.3. The van der Waals surface area contributed by atoms with E-state index in [1.54, 1.807) is 25.5 Å². The molecule has 1 saturated heterocycles. The van der Waals surface area contributed by atoms with E-state index >= 15 is 0 Å². The second-order valence-corrected chi connectivity index (χ2v) is 8.76. The summed E-state index contributed by atoms with van der Waals surface area (Å²) in [6.07, 6.45) is 12.3. The van der Waals surface area contributed by atoms with Gasteiger partial charge in [-0.3, -0.25) is 4.79 Å². The van der Waals surface area contributed by atoms with Crippen LogP contribution in [0.25, 0.3) is 0 Å². The van der Waals surface area contributed by atoms with Gasteiger partial charge in [0, 0.05) is 63.8 Å². The van der Waals surface area contributed by atoms with Crippen LogP contribution in [-0.4, -0.2) is 66.7 Å². The average Bonchev–Trinajstić information content (AvgIpc) is 2.89. The van der Waals surface area contributed by atoms with Crippen LogP contribution >= 0.6 is 11.6 Å². The molecule has 0 radical (unpaired) electrons. The highest BCUT2D eigenvalue weighted by atomic mass is 35.5. The first-order chi connectivity index (χ1) is 17.4. The van der Waals surface area contributed by atoms with Gasteiger partial charge in [0.2, 0.25) is 11.9 Å². The first kappa shape index (κ1) is 27.2. The van der Waals surface area contributed by atoms with Gasteiger partial charge in [-0.05, 0) is 36.3 Å². The Bertz CT molecular complexity index is 1090. The highest BCUT2D eigenvalue weighted by Gasteiger charge is 2.26. The molecule has 1 aromatic rings. The highest BCUT2D eigenvalue weighted by Crippen LogP contribution is 2.30. The van der Waals surface area contributed by atoms with Gasteiger partial charge in [0.25, 0.3) is 0 Å². The molecule has 0 spiro atoms. The van der Waals surface area contributed by atoms with Crippen LogP contribution in [0.15, 0.2) is 78.5 Å². The lowest BCUT2D eigenvalue weighted by atomic mass is 9.97. The molecule has 1 amide bonds. The average molecular weight is 512 g/mol. The molecule has 0 bridgehead atoms. The van der Waals surface area contributed by atoms with Crippen molar-refractivity contribution in [1.82, 2.24) is 25.5 Å². The third-order valence-corrected chi connectivity index (χ3v) is 6.05. The minimum Gasteiger partial charge on any atom is -0.375 e. The van der Waals surface area contributed by atoms with Gasteiger partial charge in [0.15, 0.2) is 5.82 Å². The van der Waals surface area contributed by atoms with Crippen molar-refractivity contribution in [3.63, 3.8) is 0 Å². The third-order valence-electron chi connectivity index (χ3n) is 5.77. The Morgan fingerprint density at radius 2 is 2.14 bits per heavy atom. The number of nitrogens with one attached hydrogen (secondary N) is 4. The molecule has 3 rings (SSSR count). The number of rotatable bonds is 11. The van der Waals surface area contributed by atoms with Gasteiger partial charge in [0.1, 0.15) is 11.1 Å². The summed E-state index contributed by atoms with van der Waals surface area (Å²) < 4.78 is 5.80. The van der Waals surface area contributed by atoms with Gasteiger partial charge in [-0.15, -0.1) is 0 Å². The lowest BCUT2D eigenvalue weighted by molar-refractivity contribution is -0.115. The molecule has 1 unspecified atom stereocenters. The standard InChI is InChI=1S/C26H34ClN7O2/c1-5-24(35)29-9-7-6-8-18(2)16-30-25-20(27)17-31-26(33-25)32-21-14-19(3)22(15-23(21)36-4)34-12-10-28-11-13-34/h5-9,14,17,23,28H,1-2,10-13,15-16H2,3-4H3,(H,29,35)(H2,30,31,32,33)/b8-6-,9-7+. The minimum atomic E-state index is -0.269. The molecule has 0 aromatic carbocycles. The van der Waals surface area contributed by atoms with Crippen LogP contribution in [0.5, 0.6) is 0 Å². The Hall–Kier alpha value is -3.40. The van der Waals surface area contributed by atoms with E-state index in [-0.39, 0.29) is 12.0 Å². The topological polar surface area (TPSA) is 103 Å². The van der Waals surface area contributed by atoms with Crippen molar-refractivity contribution in [2.24, 2.45) is 0 Å². The van der Waals surface area contributed by atoms with Crippen LogP contribution in [0.3, 0.4) is 0 Å². The fourth-order valence-corrected chi connectivity index (χ4v) is 4.03. The Morgan fingerprint density at radius 1 is 1.36 bits per heavy atom. The molecule has 36 heavy (non-hydrogen) atoms. The number of halogens is 1. The molecule has 4 N–H and O–H groups in total. The number of piperazine rings is 1. The van der Waals surface area contributed by atoms with Gasteiger partial charge < -0.3 is 30.9 Å². The van der Waals surface area contributed by atoms with Crippen molar-refractivity contribution in [1.29, 1.82) is 0 Å². The predicted octanol–water partition coefficient (Wildman–Crippen LogP) is 3.36. The monoisotopic (exact) mass is 511 g/mol. The van der Waals surface area contributed by atoms with Crippen molar-refractivity contribution in [2.75, 3.05) is 50.5 Å². The van der Waals surface area contributed by atoms with Gasteiger partial charge in [-0.2, -0.15) is 4.98 Å². The van der Waals surface area contributed by atoms with E-state index in [0.717, 1.165) is 43.9 Å². The first-order valence-electron chi connectivity index (χ1n) is 11.8. The van der Waals surface area contributed by atoms with Crippen LogP contribution in [0.2, 0.25) is 5.02 Å². The maximum absolute atomic E-state index is 11.1. The van der Waals surface area contributed by atoms with E-state index in [9.17, 15) is 4.79 Å². The number of hydrogen-bond donors (Lipinski definition) is 4. The zero-order valence-electron chi connectivity index (χ0n) is 20.8. The number of amides is 1.